The van der Waals surface area contributed by atoms with E-state index in [0.717, 1.165) is 0 Å². The van der Waals surface area contributed by atoms with Crippen molar-refractivity contribution >= 4 is 11.6 Å². The van der Waals surface area contributed by atoms with Crippen LogP contribution in [0.3, 0.4) is 0 Å². The van der Waals surface area contributed by atoms with Gasteiger partial charge in [-0.15, -0.1) is 0 Å². The molecule has 0 aliphatic carbocycles. The Morgan fingerprint density at radius 3 is 2.33 bits per heavy atom. The van der Waals surface area contributed by atoms with Crippen molar-refractivity contribution in [3.8, 4) is 11.6 Å². The van der Waals surface area contributed by atoms with E-state index in [-0.39, 0.29) is 18.4 Å². The van der Waals surface area contributed by atoms with Crippen LogP contribution in [-0.4, -0.2) is 35.9 Å². The summed E-state index contributed by atoms with van der Waals surface area (Å²) in [5, 5.41) is 0. The highest BCUT2D eigenvalue weighted by Gasteiger charge is 2.38. The van der Waals surface area contributed by atoms with Crippen LogP contribution >= 0.6 is 0 Å². The van der Waals surface area contributed by atoms with Crippen molar-refractivity contribution in [2.75, 3.05) is 24.7 Å². The van der Waals surface area contributed by atoms with Gasteiger partial charge in [0.05, 0.1) is 6.61 Å². The van der Waals surface area contributed by atoms with Crippen molar-refractivity contribution in [1.29, 1.82) is 0 Å². The molecule has 0 aliphatic heterocycles. The number of aromatic nitrogens is 2. The average molecular weight is 437 g/mol. The average Bonchev–Trinajstić information content (AvgIpc) is 2.64. The predicted octanol–water partition coefficient (Wildman–Crippen LogP) is 5.63. The number of anilines is 2. The fourth-order valence-corrected chi connectivity index (χ4v) is 2.39. The third-order valence-electron chi connectivity index (χ3n) is 3.69. The Morgan fingerprint density at radius 1 is 1.07 bits per heavy atom. The lowest BCUT2D eigenvalue weighted by Crippen LogP contribution is -2.24. The smallest absolute Gasteiger partial charge is 0.423 e. The quantitative estimate of drug-likeness (QED) is 0.501. The van der Waals surface area contributed by atoms with Crippen LogP contribution in [0.15, 0.2) is 30.5 Å². The van der Waals surface area contributed by atoms with Crippen LogP contribution in [0.5, 0.6) is 11.6 Å². The lowest BCUT2D eigenvalue weighted by Gasteiger charge is -2.23. The molecule has 1 aromatic heterocycles. The second kappa shape index (κ2) is 9.40. The van der Waals surface area contributed by atoms with E-state index in [4.69, 9.17) is 4.74 Å². The first kappa shape index (κ1) is 23.6. The summed E-state index contributed by atoms with van der Waals surface area (Å²) in [6, 6.07) is 6.69. The van der Waals surface area contributed by atoms with Gasteiger partial charge in [0.1, 0.15) is 11.3 Å². The molecule has 0 spiro atoms. The van der Waals surface area contributed by atoms with Crippen molar-refractivity contribution < 1.29 is 35.8 Å². The molecular formula is C19H21F6N3O2. The van der Waals surface area contributed by atoms with Crippen LogP contribution in [0.25, 0.3) is 0 Å². The second-order valence-electron chi connectivity index (χ2n) is 6.74. The van der Waals surface area contributed by atoms with Gasteiger partial charge >= 0.3 is 12.4 Å². The van der Waals surface area contributed by atoms with E-state index in [1.54, 1.807) is 31.2 Å². The van der Waals surface area contributed by atoms with Crippen LogP contribution < -0.4 is 14.4 Å². The number of hydrogen-bond donors (Lipinski definition) is 0. The Labute approximate surface area is 169 Å². The zero-order valence-electron chi connectivity index (χ0n) is 16.5. The van der Waals surface area contributed by atoms with Crippen molar-refractivity contribution in [1.82, 2.24) is 9.97 Å². The maximum Gasteiger partial charge on any atom is 0.423 e. The highest BCUT2D eigenvalue weighted by Crippen LogP contribution is 2.37. The maximum atomic E-state index is 13.1. The number of alkyl halides is 6. The third kappa shape index (κ3) is 6.67. The van der Waals surface area contributed by atoms with E-state index in [9.17, 15) is 26.3 Å². The molecule has 0 bridgehead atoms. The van der Waals surface area contributed by atoms with Gasteiger partial charge in [-0.1, -0.05) is 19.9 Å². The number of rotatable bonds is 8. The first-order valence-electron chi connectivity index (χ1n) is 9.05. The van der Waals surface area contributed by atoms with Crippen LogP contribution in [0, 0.1) is 5.92 Å². The van der Waals surface area contributed by atoms with Gasteiger partial charge in [-0.25, -0.2) is 4.98 Å². The molecule has 0 atom stereocenters. The number of benzene rings is 1. The number of halogens is 6. The molecule has 5 nitrogen and oxygen atoms in total. The monoisotopic (exact) mass is 437 g/mol. The summed E-state index contributed by atoms with van der Waals surface area (Å²) >= 11 is 0. The Bertz CT molecular complexity index is 840. The molecule has 1 heterocycles. The molecule has 0 radical (unpaired) electrons. The molecule has 2 aromatic rings. The molecule has 11 heteroatoms. The summed E-state index contributed by atoms with van der Waals surface area (Å²) < 4.78 is 86.8. The minimum Gasteiger partial charge on any atom is -0.493 e. The van der Waals surface area contributed by atoms with E-state index in [0.29, 0.717) is 24.2 Å². The Hall–Kier alpha value is -2.72. The van der Waals surface area contributed by atoms with Gasteiger partial charge in [-0.3, -0.25) is 0 Å². The molecule has 30 heavy (non-hydrogen) atoms. The maximum absolute atomic E-state index is 13.1. The van der Waals surface area contributed by atoms with Crippen LogP contribution in [0.1, 0.15) is 26.3 Å². The molecule has 0 saturated carbocycles. The normalized spacial score (nSPS) is 12.2. The standard InChI is InChI=1S/C19H21F6N3O2/c1-4-28(13-6-5-7-14(8-13)29-10-12(2)3)17-26-9-15(19(23,24)25)16(27-17)30-11-18(20,21)22/h5-9,12H,4,10-11H2,1-3H3. The number of nitrogens with zero attached hydrogens (tertiary/aromatic N) is 3. The van der Waals surface area contributed by atoms with Crippen LogP contribution in [-0.2, 0) is 6.18 Å². The van der Waals surface area contributed by atoms with Gasteiger partial charge < -0.3 is 14.4 Å². The largest absolute Gasteiger partial charge is 0.493 e. The minimum atomic E-state index is -4.97. The van der Waals surface area contributed by atoms with E-state index in [1.165, 1.54) is 4.90 Å². The predicted molar refractivity (Wildman–Crippen MR) is 98.0 cm³/mol. The summed E-state index contributed by atoms with van der Waals surface area (Å²) in [5.41, 5.74) is -0.985. The Balaban J connectivity index is 2.39. The molecule has 1 aromatic carbocycles. The SMILES string of the molecule is CCN(c1cccc(OCC(C)C)c1)c1ncc(C(F)(F)F)c(OCC(F)(F)F)n1. The van der Waals surface area contributed by atoms with E-state index in [2.05, 4.69) is 14.7 Å². The van der Waals surface area contributed by atoms with Crippen LogP contribution in [0.4, 0.5) is 38.0 Å². The summed E-state index contributed by atoms with van der Waals surface area (Å²) in [6.45, 7) is 4.43. The Morgan fingerprint density at radius 2 is 1.77 bits per heavy atom. The van der Waals surface area contributed by atoms with E-state index >= 15 is 0 Å². The first-order chi connectivity index (χ1) is 13.9. The minimum absolute atomic E-state index is 0.233. The summed E-state index contributed by atoms with van der Waals surface area (Å²) in [6.07, 6.45) is -9.38. The molecular weight excluding hydrogens is 416 g/mol. The van der Waals surface area contributed by atoms with Gasteiger partial charge in [0.25, 0.3) is 0 Å². The van der Waals surface area contributed by atoms with Gasteiger partial charge in [-0.2, -0.15) is 31.3 Å². The zero-order valence-corrected chi connectivity index (χ0v) is 16.5. The number of hydrogen-bond acceptors (Lipinski definition) is 5. The molecule has 166 valence electrons. The number of ether oxygens (including phenoxy) is 2. The third-order valence-corrected chi connectivity index (χ3v) is 3.69. The molecule has 2 rings (SSSR count). The Kier molecular flexibility index (Phi) is 7.38. The first-order valence-corrected chi connectivity index (χ1v) is 9.05. The summed E-state index contributed by atoms with van der Waals surface area (Å²) in [4.78, 5) is 8.75. The molecule has 0 aliphatic rings. The lowest BCUT2D eigenvalue weighted by molar-refractivity contribution is -0.159. The zero-order chi connectivity index (χ0) is 22.5. The van der Waals surface area contributed by atoms with E-state index < -0.39 is 30.4 Å². The fourth-order valence-electron chi connectivity index (χ4n) is 2.39. The van der Waals surface area contributed by atoms with Crippen molar-refractivity contribution in [3.05, 3.63) is 36.0 Å². The molecule has 0 fully saturated rings. The summed E-state index contributed by atoms with van der Waals surface area (Å²) in [5.74, 6) is -0.609. The van der Waals surface area contributed by atoms with Crippen molar-refractivity contribution in [2.24, 2.45) is 5.92 Å². The lowest BCUT2D eigenvalue weighted by atomic mass is 10.2. The fraction of sp³-hybridized carbons (Fsp3) is 0.474. The molecule has 0 N–H and O–H groups in total. The second-order valence-corrected chi connectivity index (χ2v) is 6.74. The molecule has 0 amide bonds. The van der Waals surface area contributed by atoms with Gasteiger partial charge in [0.2, 0.25) is 11.8 Å². The highest BCUT2D eigenvalue weighted by molar-refractivity contribution is 5.59. The molecule has 0 saturated heterocycles. The van der Waals surface area contributed by atoms with Crippen molar-refractivity contribution in [2.45, 2.75) is 33.1 Å². The van der Waals surface area contributed by atoms with Gasteiger partial charge in [0, 0.05) is 24.5 Å². The van der Waals surface area contributed by atoms with Crippen molar-refractivity contribution in [3.63, 3.8) is 0 Å². The van der Waals surface area contributed by atoms with Gasteiger partial charge in [0.15, 0.2) is 6.61 Å². The molecule has 0 unspecified atom stereocenters. The van der Waals surface area contributed by atoms with E-state index in [1.807, 2.05) is 13.8 Å². The van der Waals surface area contributed by atoms with Gasteiger partial charge in [-0.05, 0) is 25.0 Å². The summed E-state index contributed by atoms with van der Waals surface area (Å²) in [7, 11) is 0. The van der Waals surface area contributed by atoms with Crippen LogP contribution in [0.2, 0.25) is 0 Å². The highest BCUT2D eigenvalue weighted by atomic mass is 19.4. The topological polar surface area (TPSA) is 47.5 Å².